The zero-order valence-electron chi connectivity index (χ0n) is 17.1. The number of nitrogens with zero attached hydrogens (tertiary/aromatic N) is 4. The quantitative estimate of drug-likeness (QED) is 0.720. The molecule has 7 nitrogen and oxygen atoms in total. The van der Waals surface area contributed by atoms with E-state index < -0.39 is 0 Å². The minimum atomic E-state index is -0.243. The lowest BCUT2D eigenvalue weighted by atomic mass is 9.74. The third kappa shape index (κ3) is 4.04. The van der Waals surface area contributed by atoms with Crippen LogP contribution in [0.5, 0.6) is 0 Å². The minimum absolute atomic E-state index is 0.00172. The van der Waals surface area contributed by atoms with Gasteiger partial charge in [-0.1, -0.05) is 32.9 Å². The summed E-state index contributed by atoms with van der Waals surface area (Å²) in [5.41, 5.74) is 3.16. The number of carbonyl (C=O) groups excluding carboxylic acids is 1. The Bertz CT molecular complexity index is 1030. The molecular weight excluding hydrogens is 366 g/mol. The van der Waals surface area contributed by atoms with Crippen molar-refractivity contribution >= 4 is 5.91 Å². The van der Waals surface area contributed by atoms with Crippen LogP contribution in [0.2, 0.25) is 0 Å². The first-order valence-corrected chi connectivity index (χ1v) is 9.86. The summed E-state index contributed by atoms with van der Waals surface area (Å²) in [6.07, 6.45) is 6.93. The normalized spacial score (nSPS) is 17.8. The van der Waals surface area contributed by atoms with E-state index in [1.165, 1.54) is 0 Å². The molecule has 0 saturated carbocycles. The Labute approximate surface area is 170 Å². The van der Waals surface area contributed by atoms with Gasteiger partial charge in [0.25, 0.3) is 5.91 Å². The van der Waals surface area contributed by atoms with Gasteiger partial charge in [0, 0.05) is 41.7 Å². The Morgan fingerprint density at radius 3 is 2.72 bits per heavy atom. The first kappa shape index (κ1) is 19.2. The van der Waals surface area contributed by atoms with Crippen LogP contribution >= 0.6 is 0 Å². The Balaban J connectivity index is 1.62. The molecule has 3 aromatic heterocycles. The molecule has 0 fully saturated rings. The van der Waals surface area contributed by atoms with E-state index in [0.29, 0.717) is 17.3 Å². The largest absolute Gasteiger partial charge is 0.360 e. The van der Waals surface area contributed by atoms with Crippen LogP contribution in [0.3, 0.4) is 0 Å². The molecule has 3 aromatic rings. The fourth-order valence-electron chi connectivity index (χ4n) is 3.72. The van der Waals surface area contributed by atoms with Gasteiger partial charge in [-0.25, -0.2) is 9.97 Å². The lowest BCUT2D eigenvalue weighted by Crippen LogP contribution is -2.37. The van der Waals surface area contributed by atoms with Crippen molar-refractivity contribution < 1.29 is 9.32 Å². The van der Waals surface area contributed by atoms with E-state index in [-0.39, 0.29) is 23.3 Å². The summed E-state index contributed by atoms with van der Waals surface area (Å²) >= 11 is 0. The average molecular weight is 391 g/mol. The van der Waals surface area contributed by atoms with Crippen molar-refractivity contribution in [2.45, 2.75) is 52.5 Å². The van der Waals surface area contributed by atoms with E-state index in [1.54, 1.807) is 18.5 Å². The predicted molar refractivity (Wildman–Crippen MR) is 108 cm³/mol. The fraction of sp³-hybridized carbons (Fsp3) is 0.409. The maximum Gasteiger partial charge on any atom is 0.273 e. The summed E-state index contributed by atoms with van der Waals surface area (Å²) in [6.45, 7) is 8.38. The number of rotatable bonds is 4. The monoisotopic (exact) mass is 391 g/mol. The maximum absolute atomic E-state index is 12.8. The summed E-state index contributed by atoms with van der Waals surface area (Å²) in [5, 5.41) is 7.03. The number of nitrogens with one attached hydrogen (secondary N) is 1. The van der Waals surface area contributed by atoms with E-state index in [9.17, 15) is 4.79 Å². The predicted octanol–water partition coefficient (Wildman–Crippen LogP) is 4.09. The number of fused-ring (bicyclic) bond motifs is 1. The number of amides is 1. The molecule has 1 N–H and O–H groups in total. The van der Waals surface area contributed by atoms with Crippen LogP contribution in [0.4, 0.5) is 0 Å². The Hall–Kier alpha value is -3.09. The van der Waals surface area contributed by atoms with Gasteiger partial charge in [-0.2, -0.15) is 0 Å². The van der Waals surface area contributed by atoms with Crippen LogP contribution < -0.4 is 5.32 Å². The van der Waals surface area contributed by atoms with Crippen LogP contribution in [-0.4, -0.2) is 26.0 Å². The third-order valence-corrected chi connectivity index (χ3v) is 5.25. The highest BCUT2D eigenvalue weighted by molar-refractivity contribution is 5.92. The molecule has 4 rings (SSSR count). The van der Waals surface area contributed by atoms with Gasteiger partial charge in [0.05, 0.1) is 11.7 Å². The highest BCUT2D eigenvalue weighted by Gasteiger charge is 2.35. The van der Waals surface area contributed by atoms with Gasteiger partial charge < -0.3 is 9.84 Å². The summed E-state index contributed by atoms with van der Waals surface area (Å²) in [7, 11) is 0. The summed E-state index contributed by atoms with van der Waals surface area (Å²) in [4.78, 5) is 26.2. The highest BCUT2D eigenvalue weighted by Crippen LogP contribution is 2.40. The van der Waals surface area contributed by atoms with E-state index >= 15 is 0 Å². The van der Waals surface area contributed by atoms with Crippen molar-refractivity contribution in [2.75, 3.05) is 0 Å². The smallest absolute Gasteiger partial charge is 0.273 e. The van der Waals surface area contributed by atoms with Gasteiger partial charge in [-0.15, -0.1) is 0 Å². The third-order valence-electron chi connectivity index (χ3n) is 5.25. The topological polar surface area (TPSA) is 93.8 Å². The van der Waals surface area contributed by atoms with Crippen molar-refractivity contribution in [2.24, 2.45) is 5.41 Å². The van der Waals surface area contributed by atoms with Crippen LogP contribution in [0.25, 0.3) is 11.4 Å². The standard InChI is InChI=1S/C22H25N5O2/c1-13(2)19-9-16(27-29-19)21(28)26-18-11-22(3,4)10-17-15(18)12-24-20(25-17)14-5-7-23-8-6-14/h5-9,12-13,18H,10-11H2,1-4H3,(H,26,28). The molecule has 0 radical (unpaired) electrons. The lowest BCUT2D eigenvalue weighted by molar-refractivity contribution is 0.0909. The molecule has 29 heavy (non-hydrogen) atoms. The molecule has 0 aromatic carbocycles. The second kappa shape index (κ2) is 7.39. The number of pyridine rings is 1. The first-order valence-electron chi connectivity index (χ1n) is 9.86. The number of hydrogen-bond donors (Lipinski definition) is 1. The molecule has 0 bridgehead atoms. The number of hydrogen-bond acceptors (Lipinski definition) is 6. The highest BCUT2D eigenvalue weighted by atomic mass is 16.5. The number of carbonyl (C=O) groups is 1. The van der Waals surface area contributed by atoms with Crippen molar-refractivity contribution in [1.29, 1.82) is 0 Å². The molecule has 1 unspecified atom stereocenters. The van der Waals surface area contributed by atoms with E-state index in [1.807, 2.05) is 32.2 Å². The zero-order valence-corrected chi connectivity index (χ0v) is 17.1. The molecule has 1 atom stereocenters. The second-order valence-corrected chi connectivity index (χ2v) is 8.67. The van der Waals surface area contributed by atoms with Crippen LogP contribution in [0.1, 0.15) is 73.6 Å². The summed E-state index contributed by atoms with van der Waals surface area (Å²) < 4.78 is 5.27. The molecule has 7 heteroatoms. The van der Waals surface area contributed by atoms with Gasteiger partial charge in [0.15, 0.2) is 11.5 Å². The van der Waals surface area contributed by atoms with Gasteiger partial charge in [0.1, 0.15) is 5.76 Å². The van der Waals surface area contributed by atoms with Crippen molar-refractivity contribution in [3.8, 4) is 11.4 Å². The summed E-state index contributed by atoms with van der Waals surface area (Å²) in [6, 6.07) is 5.32. The molecule has 1 aliphatic rings. The SMILES string of the molecule is CC(C)c1cc(C(=O)NC2CC(C)(C)Cc3nc(-c4ccncc4)ncc32)no1. The van der Waals surface area contributed by atoms with E-state index in [2.05, 4.69) is 34.3 Å². The Kier molecular flexibility index (Phi) is 4.90. The van der Waals surface area contributed by atoms with Gasteiger partial charge >= 0.3 is 0 Å². The number of aromatic nitrogens is 4. The fourth-order valence-corrected chi connectivity index (χ4v) is 3.72. The van der Waals surface area contributed by atoms with Gasteiger partial charge in [-0.05, 0) is 30.4 Å². The molecule has 0 spiro atoms. The van der Waals surface area contributed by atoms with Crippen molar-refractivity contribution in [3.05, 3.63) is 59.5 Å². The van der Waals surface area contributed by atoms with Crippen molar-refractivity contribution in [1.82, 2.24) is 25.4 Å². The zero-order chi connectivity index (χ0) is 20.6. The molecule has 0 aliphatic heterocycles. The molecular formula is C22H25N5O2. The molecule has 1 aliphatic carbocycles. The minimum Gasteiger partial charge on any atom is -0.360 e. The van der Waals surface area contributed by atoms with Crippen LogP contribution in [0.15, 0.2) is 41.3 Å². The lowest BCUT2D eigenvalue weighted by Gasteiger charge is -2.36. The molecule has 3 heterocycles. The average Bonchev–Trinajstić information content (AvgIpc) is 3.18. The van der Waals surface area contributed by atoms with Gasteiger partial charge in [0.2, 0.25) is 0 Å². The summed E-state index contributed by atoms with van der Waals surface area (Å²) in [5.74, 6) is 1.31. The van der Waals surface area contributed by atoms with Crippen LogP contribution in [0, 0.1) is 5.41 Å². The van der Waals surface area contributed by atoms with Crippen LogP contribution in [-0.2, 0) is 6.42 Å². The Morgan fingerprint density at radius 1 is 1.28 bits per heavy atom. The first-order chi connectivity index (χ1) is 13.8. The Morgan fingerprint density at radius 2 is 2.03 bits per heavy atom. The molecule has 1 amide bonds. The van der Waals surface area contributed by atoms with Gasteiger partial charge in [-0.3, -0.25) is 9.78 Å². The molecule has 0 saturated heterocycles. The molecule has 150 valence electrons. The van der Waals surface area contributed by atoms with E-state index in [0.717, 1.165) is 29.7 Å². The maximum atomic E-state index is 12.8. The second-order valence-electron chi connectivity index (χ2n) is 8.67. The van der Waals surface area contributed by atoms with Crippen molar-refractivity contribution in [3.63, 3.8) is 0 Å². The van der Waals surface area contributed by atoms with E-state index in [4.69, 9.17) is 9.51 Å².